The summed E-state index contributed by atoms with van der Waals surface area (Å²) in [7, 11) is 0. The van der Waals surface area contributed by atoms with Gasteiger partial charge in [0.1, 0.15) is 0 Å². The van der Waals surface area contributed by atoms with Crippen molar-refractivity contribution in [2.75, 3.05) is 13.1 Å². The Bertz CT molecular complexity index is 476. The van der Waals surface area contributed by atoms with Crippen molar-refractivity contribution in [3.8, 4) is 0 Å². The van der Waals surface area contributed by atoms with Gasteiger partial charge in [-0.3, -0.25) is 0 Å². The van der Waals surface area contributed by atoms with E-state index in [2.05, 4.69) is 48.7 Å². The summed E-state index contributed by atoms with van der Waals surface area (Å²) in [4.78, 5) is 12.0. The maximum Gasteiger partial charge on any atom is 0.315 e. The molecule has 0 radical (unpaired) electrons. The van der Waals surface area contributed by atoms with E-state index in [0.717, 1.165) is 30.4 Å². The summed E-state index contributed by atoms with van der Waals surface area (Å²) in [6, 6.07) is 8.19. The molecule has 2 amide bonds. The third-order valence-electron chi connectivity index (χ3n) is 4.74. The quantitative estimate of drug-likeness (QED) is 0.755. The number of urea groups is 1. The summed E-state index contributed by atoms with van der Waals surface area (Å²) in [5.41, 5.74) is 7.89. The van der Waals surface area contributed by atoms with Crippen molar-refractivity contribution in [3.63, 3.8) is 0 Å². The van der Waals surface area contributed by atoms with Crippen LogP contribution >= 0.6 is 0 Å². The van der Waals surface area contributed by atoms with E-state index in [0.29, 0.717) is 19.0 Å². The van der Waals surface area contributed by atoms with Crippen molar-refractivity contribution in [2.24, 2.45) is 23.5 Å². The van der Waals surface area contributed by atoms with E-state index in [1.807, 2.05) is 0 Å². The second-order valence-corrected chi connectivity index (χ2v) is 7.20. The van der Waals surface area contributed by atoms with Gasteiger partial charge < -0.3 is 16.4 Å². The minimum Gasteiger partial charge on any atom is -0.338 e. The van der Waals surface area contributed by atoms with Crippen LogP contribution < -0.4 is 16.4 Å². The molecule has 128 valence electrons. The van der Waals surface area contributed by atoms with Crippen LogP contribution in [-0.2, 0) is 13.0 Å². The van der Waals surface area contributed by atoms with Crippen LogP contribution in [0.4, 0.5) is 4.79 Å². The number of nitrogens with two attached hydrogens (primary N) is 1. The van der Waals surface area contributed by atoms with Crippen LogP contribution in [-0.4, -0.2) is 19.1 Å². The molecule has 2 rings (SSSR count). The van der Waals surface area contributed by atoms with Gasteiger partial charge in [0.25, 0.3) is 0 Å². The molecule has 0 bridgehead atoms. The second-order valence-electron chi connectivity index (χ2n) is 7.20. The van der Waals surface area contributed by atoms with Gasteiger partial charge in [0.2, 0.25) is 0 Å². The molecule has 1 aromatic carbocycles. The minimum atomic E-state index is -0.0677. The zero-order valence-corrected chi connectivity index (χ0v) is 14.5. The molecule has 23 heavy (non-hydrogen) atoms. The third-order valence-corrected chi connectivity index (χ3v) is 4.74. The Hall–Kier alpha value is -1.55. The number of carbonyl (C=O) groups excluding carboxylic acids is 1. The molecule has 0 aromatic heterocycles. The van der Waals surface area contributed by atoms with Gasteiger partial charge in [-0.15, -0.1) is 0 Å². The largest absolute Gasteiger partial charge is 0.338 e. The molecule has 0 heterocycles. The van der Waals surface area contributed by atoms with E-state index in [1.165, 1.54) is 24.8 Å². The second kappa shape index (κ2) is 8.92. The van der Waals surface area contributed by atoms with Gasteiger partial charge in [-0.1, -0.05) is 38.1 Å². The third kappa shape index (κ3) is 6.22. The lowest BCUT2D eigenvalue weighted by Crippen LogP contribution is -2.39. The van der Waals surface area contributed by atoms with Gasteiger partial charge in [-0.2, -0.15) is 0 Å². The fraction of sp³-hybridized carbons (Fsp3) is 0.632. The highest BCUT2D eigenvalue weighted by Gasteiger charge is 2.23. The van der Waals surface area contributed by atoms with E-state index in [-0.39, 0.29) is 6.03 Å². The Morgan fingerprint density at radius 1 is 1.04 bits per heavy atom. The van der Waals surface area contributed by atoms with Crippen LogP contribution in [0.3, 0.4) is 0 Å². The lowest BCUT2D eigenvalue weighted by Gasteiger charge is -2.31. The van der Waals surface area contributed by atoms with E-state index in [4.69, 9.17) is 5.73 Å². The van der Waals surface area contributed by atoms with Crippen LogP contribution in [0.15, 0.2) is 24.3 Å². The number of rotatable bonds is 6. The van der Waals surface area contributed by atoms with E-state index < -0.39 is 0 Å². The van der Waals surface area contributed by atoms with Gasteiger partial charge in [-0.25, -0.2) is 4.79 Å². The lowest BCUT2D eigenvalue weighted by atomic mass is 9.77. The first-order chi connectivity index (χ1) is 11.1. The van der Waals surface area contributed by atoms with Crippen molar-refractivity contribution >= 4 is 6.03 Å². The molecule has 1 saturated carbocycles. The molecular formula is C19H31N3O. The van der Waals surface area contributed by atoms with Crippen LogP contribution in [0.25, 0.3) is 0 Å². The summed E-state index contributed by atoms with van der Waals surface area (Å²) < 4.78 is 0. The highest BCUT2D eigenvalue weighted by Crippen LogP contribution is 2.32. The first-order valence-corrected chi connectivity index (χ1v) is 8.86. The summed E-state index contributed by atoms with van der Waals surface area (Å²) in [6.45, 7) is 6.65. The highest BCUT2D eigenvalue weighted by atomic mass is 16.2. The zero-order chi connectivity index (χ0) is 16.7. The van der Waals surface area contributed by atoms with Gasteiger partial charge in [-0.05, 0) is 61.1 Å². The molecule has 0 saturated heterocycles. The molecule has 0 spiro atoms. The molecule has 2 unspecified atom stereocenters. The van der Waals surface area contributed by atoms with Crippen LogP contribution in [0.5, 0.6) is 0 Å². The number of hydrogen-bond donors (Lipinski definition) is 3. The monoisotopic (exact) mass is 317 g/mol. The van der Waals surface area contributed by atoms with E-state index in [9.17, 15) is 4.79 Å². The van der Waals surface area contributed by atoms with Gasteiger partial charge >= 0.3 is 6.03 Å². The molecule has 1 aromatic rings. The zero-order valence-electron chi connectivity index (χ0n) is 14.5. The molecule has 0 aliphatic heterocycles. The van der Waals surface area contributed by atoms with Crippen LogP contribution in [0.2, 0.25) is 0 Å². The molecule has 4 heteroatoms. The van der Waals surface area contributed by atoms with Crippen molar-refractivity contribution in [1.82, 2.24) is 10.6 Å². The molecule has 4 nitrogen and oxygen atoms in total. The predicted octanol–water partition coefficient (Wildman–Crippen LogP) is 3.06. The first-order valence-electron chi connectivity index (χ1n) is 8.86. The van der Waals surface area contributed by atoms with Crippen LogP contribution in [0, 0.1) is 17.8 Å². The minimum absolute atomic E-state index is 0.0677. The maximum absolute atomic E-state index is 12.0. The fourth-order valence-corrected chi connectivity index (χ4v) is 3.75. The topological polar surface area (TPSA) is 67.2 Å². The smallest absolute Gasteiger partial charge is 0.315 e. The SMILES string of the molecule is CC1CC(C)CC(CNC(=O)NCc2ccc(CCN)cc2)C1. The van der Waals surface area contributed by atoms with Crippen molar-refractivity contribution in [3.05, 3.63) is 35.4 Å². The predicted molar refractivity (Wildman–Crippen MR) is 95.1 cm³/mol. The average Bonchev–Trinajstić information content (AvgIpc) is 2.52. The summed E-state index contributed by atoms with van der Waals surface area (Å²) in [6.07, 6.45) is 4.68. The van der Waals surface area contributed by atoms with Crippen molar-refractivity contribution in [1.29, 1.82) is 0 Å². The number of carbonyl (C=O) groups is 1. The van der Waals surface area contributed by atoms with E-state index in [1.54, 1.807) is 0 Å². The standard InChI is InChI=1S/C19H31N3O/c1-14-9-15(2)11-18(10-14)13-22-19(23)21-12-17-5-3-16(4-6-17)7-8-20/h3-6,14-15,18H,7-13,20H2,1-2H3,(H2,21,22,23). The van der Waals surface area contributed by atoms with Crippen molar-refractivity contribution < 1.29 is 4.79 Å². The number of benzene rings is 1. The van der Waals surface area contributed by atoms with Crippen LogP contribution in [0.1, 0.15) is 44.2 Å². The average molecular weight is 317 g/mol. The van der Waals surface area contributed by atoms with E-state index >= 15 is 0 Å². The number of amides is 2. The number of nitrogens with one attached hydrogen (secondary N) is 2. The normalized spacial score (nSPS) is 24.2. The molecule has 1 aliphatic carbocycles. The van der Waals surface area contributed by atoms with Gasteiger partial charge in [0.15, 0.2) is 0 Å². The highest BCUT2D eigenvalue weighted by molar-refractivity contribution is 5.73. The van der Waals surface area contributed by atoms with Crippen molar-refractivity contribution in [2.45, 2.75) is 46.1 Å². The summed E-state index contributed by atoms with van der Waals surface area (Å²) >= 11 is 0. The molecule has 1 fully saturated rings. The maximum atomic E-state index is 12.0. The molecule has 1 aliphatic rings. The Morgan fingerprint density at radius 2 is 1.65 bits per heavy atom. The molecular weight excluding hydrogens is 286 g/mol. The Labute approximate surface area is 140 Å². The number of hydrogen-bond acceptors (Lipinski definition) is 2. The summed E-state index contributed by atoms with van der Waals surface area (Å²) in [5.74, 6) is 2.18. The lowest BCUT2D eigenvalue weighted by molar-refractivity contribution is 0.207. The first kappa shape index (κ1) is 17.8. The molecule has 2 atom stereocenters. The Kier molecular flexibility index (Phi) is 6.90. The fourth-order valence-electron chi connectivity index (χ4n) is 3.75. The molecule has 4 N–H and O–H groups in total. The summed E-state index contributed by atoms with van der Waals surface area (Å²) in [5, 5.41) is 5.97. The van der Waals surface area contributed by atoms with Gasteiger partial charge in [0, 0.05) is 13.1 Å². The Balaban J connectivity index is 1.68. The Morgan fingerprint density at radius 3 is 2.26 bits per heavy atom. The van der Waals surface area contributed by atoms with Gasteiger partial charge in [0.05, 0.1) is 0 Å².